The van der Waals surface area contributed by atoms with Gasteiger partial charge in [0.1, 0.15) is 5.82 Å². The number of sulfonamides is 1. The van der Waals surface area contributed by atoms with Crippen LogP contribution in [-0.2, 0) is 10.0 Å². The van der Waals surface area contributed by atoms with Crippen molar-refractivity contribution in [2.75, 3.05) is 0 Å². The zero-order chi connectivity index (χ0) is 12.6. The first-order valence-corrected chi connectivity index (χ1v) is 6.63. The quantitative estimate of drug-likeness (QED) is 0.862. The van der Waals surface area contributed by atoms with Gasteiger partial charge in [0.25, 0.3) is 15.2 Å². The molecule has 0 saturated carbocycles. The molecule has 0 aliphatic heterocycles. The Morgan fingerprint density at radius 2 is 2.12 bits per heavy atom. The smallest absolute Gasteiger partial charge is 0.248 e. The second kappa shape index (κ2) is 4.17. The second-order valence-electron chi connectivity index (χ2n) is 3.11. The lowest BCUT2D eigenvalue weighted by molar-refractivity contribution is 0.589. The molecule has 0 radical (unpaired) electrons. The summed E-state index contributed by atoms with van der Waals surface area (Å²) in [7, 11) is -3.95. The summed E-state index contributed by atoms with van der Waals surface area (Å²) in [4.78, 5) is 3.68. The summed E-state index contributed by atoms with van der Waals surface area (Å²) in [6.45, 7) is 0. The fraction of sp³-hybridized carbons (Fsp3) is 0. The molecule has 0 aliphatic carbocycles. The molecule has 9 heteroatoms. The van der Waals surface area contributed by atoms with Crippen LogP contribution in [-0.4, -0.2) is 23.6 Å². The average Bonchev–Trinajstić information content (AvgIpc) is 2.70. The van der Waals surface area contributed by atoms with E-state index in [1.807, 2.05) is 0 Å². The fourth-order valence-electron chi connectivity index (χ4n) is 1.17. The molecule has 0 atom stereocenters. The van der Waals surface area contributed by atoms with Crippen molar-refractivity contribution in [1.29, 1.82) is 0 Å². The van der Waals surface area contributed by atoms with Crippen LogP contribution in [0.3, 0.4) is 0 Å². The Balaban J connectivity index is 2.55. The van der Waals surface area contributed by atoms with Crippen LogP contribution in [0.2, 0.25) is 0 Å². The van der Waals surface area contributed by atoms with Crippen LogP contribution >= 0.6 is 15.9 Å². The highest BCUT2D eigenvalue weighted by molar-refractivity contribution is 9.10. The molecule has 90 valence electrons. The zero-order valence-electron chi connectivity index (χ0n) is 8.18. The minimum atomic E-state index is -3.95. The van der Waals surface area contributed by atoms with Gasteiger partial charge in [-0.1, -0.05) is 6.07 Å². The number of aromatic nitrogens is 3. The van der Waals surface area contributed by atoms with Gasteiger partial charge in [0.15, 0.2) is 5.82 Å². The number of rotatable bonds is 2. The van der Waals surface area contributed by atoms with Crippen LogP contribution in [0.5, 0.6) is 0 Å². The van der Waals surface area contributed by atoms with Crippen molar-refractivity contribution in [3.05, 3.63) is 28.5 Å². The highest BCUT2D eigenvalue weighted by Gasteiger charge is 2.17. The van der Waals surface area contributed by atoms with Crippen LogP contribution in [0.4, 0.5) is 4.39 Å². The summed E-state index contributed by atoms with van der Waals surface area (Å²) >= 11 is 3.03. The molecule has 3 N–H and O–H groups in total. The number of nitrogens with two attached hydrogens (primary N) is 1. The van der Waals surface area contributed by atoms with Gasteiger partial charge in [0.05, 0.1) is 4.47 Å². The number of nitrogens with one attached hydrogen (secondary N) is 1. The van der Waals surface area contributed by atoms with E-state index in [1.165, 1.54) is 12.1 Å². The van der Waals surface area contributed by atoms with Crippen LogP contribution in [0.25, 0.3) is 11.4 Å². The van der Waals surface area contributed by atoms with Crippen molar-refractivity contribution in [3.63, 3.8) is 0 Å². The van der Waals surface area contributed by atoms with E-state index >= 15 is 0 Å². The molecule has 0 spiro atoms. The van der Waals surface area contributed by atoms with Gasteiger partial charge in [0.2, 0.25) is 0 Å². The standard InChI is InChI=1S/C8H6BrFN4O2S/c9-6-4(2-1-3-5(6)10)7-12-8(14-13-7)17(11,15)16/h1-3H,(H2,11,15,16)(H,12,13,14). The Hall–Kier alpha value is -1.32. The molecule has 0 saturated heterocycles. The molecular weight excluding hydrogens is 315 g/mol. The Labute approximate surface area is 104 Å². The third kappa shape index (κ3) is 2.35. The average molecular weight is 321 g/mol. The van der Waals surface area contributed by atoms with Gasteiger partial charge in [-0.15, -0.1) is 0 Å². The molecule has 2 rings (SSSR count). The van der Waals surface area contributed by atoms with Crippen molar-refractivity contribution in [2.45, 2.75) is 5.16 Å². The molecule has 6 nitrogen and oxygen atoms in total. The van der Waals surface area contributed by atoms with E-state index in [4.69, 9.17) is 5.14 Å². The predicted octanol–water partition coefficient (Wildman–Crippen LogP) is 1.02. The Morgan fingerprint density at radius 3 is 2.71 bits per heavy atom. The number of primary sulfonamides is 1. The molecule has 1 aromatic carbocycles. The lowest BCUT2D eigenvalue weighted by Gasteiger charge is -1.99. The van der Waals surface area contributed by atoms with Crippen molar-refractivity contribution < 1.29 is 12.8 Å². The SMILES string of the molecule is NS(=O)(=O)c1nc(-c2cccc(F)c2Br)n[nH]1. The van der Waals surface area contributed by atoms with Crippen molar-refractivity contribution >= 4 is 26.0 Å². The molecule has 2 aromatic rings. The van der Waals surface area contributed by atoms with Crippen molar-refractivity contribution in [1.82, 2.24) is 15.2 Å². The number of hydrogen-bond donors (Lipinski definition) is 2. The molecule has 1 heterocycles. The maximum absolute atomic E-state index is 13.3. The van der Waals surface area contributed by atoms with E-state index in [0.717, 1.165) is 0 Å². The van der Waals surface area contributed by atoms with Gasteiger partial charge >= 0.3 is 0 Å². The first-order chi connectivity index (χ1) is 7.89. The summed E-state index contributed by atoms with van der Waals surface area (Å²) in [5.41, 5.74) is 0.330. The van der Waals surface area contributed by atoms with Gasteiger partial charge in [-0.2, -0.15) is 10.1 Å². The molecular formula is C8H6BrFN4O2S. The number of hydrogen-bond acceptors (Lipinski definition) is 4. The van der Waals surface area contributed by atoms with Gasteiger partial charge in [0, 0.05) is 5.56 Å². The van der Waals surface area contributed by atoms with E-state index in [1.54, 1.807) is 6.07 Å². The summed E-state index contributed by atoms with van der Waals surface area (Å²) in [5, 5.41) is 10.2. The molecule has 0 fully saturated rings. The van der Waals surface area contributed by atoms with E-state index in [-0.39, 0.29) is 10.3 Å². The first kappa shape index (κ1) is 12.1. The number of aromatic amines is 1. The van der Waals surface area contributed by atoms with Crippen molar-refractivity contribution in [2.24, 2.45) is 5.14 Å². The van der Waals surface area contributed by atoms with Crippen LogP contribution in [0.15, 0.2) is 27.8 Å². The molecule has 0 unspecified atom stereocenters. The number of halogens is 2. The number of benzene rings is 1. The molecule has 0 bridgehead atoms. The molecule has 0 amide bonds. The summed E-state index contributed by atoms with van der Waals surface area (Å²) < 4.78 is 35.4. The topological polar surface area (TPSA) is 102 Å². The normalized spacial score (nSPS) is 11.7. The van der Waals surface area contributed by atoms with Gasteiger partial charge in [-0.3, -0.25) is 0 Å². The monoisotopic (exact) mass is 320 g/mol. The Morgan fingerprint density at radius 1 is 1.41 bits per heavy atom. The summed E-state index contributed by atoms with van der Waals surface area (Å²) in [5.74, 6) is -0.454. The lowest BCUT2D eigenvalue weighted by Crippen LogP contribution is -2.13. The molecule has 17 heavy (non-hydrogen) atoms. The number of H-pyrrole nitrogens is 1. The van der Waals surface area contributed by atoms with Gasteiger partial charge in [-0.05, 0) is 28.1 Å². The van der Waals surface area contributed by atoms with Crippen molar-refractivity contribution in [3.8, 4) is 11.4 Å². The summed E-state index contributed by atoms with van der Waals surface area (Å²) in [6, 6.07) is 4.26. The highest BCUT2D eigenvalue weighted by Crippen LogP contribution is 2.27. The lowest BCUT2D eigenvalue weighted by atomic mass is 10.2. The third-order valence-electron chi connectivity index (χ3n) is 1.93. The maximum atomic E-state index is 13.3. The Bertz CT molecular complexity index is 670. The maximum Gasteiger partial charge on any atom is 0.273 e. The number of nitrogens with zero attached hydrogens (tertiary/aromatic N) is 2. The van der Waals surface area contributed by atoms with E-state index in [9.17, 15) is 12.8 Å². The first-order valence-electron chi connectivity index (χ1n) is 4.29. The van der Waals surface area contributed by atoms with E-state index < -0.39 is 21.0 Å². The largest absolute Gasteiger partial charge is 0.273 e. The highest BCUT2D eigenvalue weighted by atomic mass is 79.9. The summed E-state index contributed by atoms with van der Waals surface area (Å²) in [6.07, 6.45) is 0. The van der Waals surface area contributed by atoms with Gasteiger partial charge in [-0.25, -0.2) is 23.0 Å². The van der Waals surface area contributed by atoms with Crippen LogP contribution in [0.1, 0.15) is 0 Å². The second-order valence-corrected chi connectivity index (χ2v) is 5.38. The minimum absolute atomic E-state index is 0.0420. The molecule has 1 aromatic heterocycles. The minimum Gasteiger partial charge on any atom is -0.248 e. The van der Waals surface area contributed by atoms with E-state index in [2.05, 4.69) is 31.1 Å². The third-order valence-corrected chi connectivity index (χ3v) is 3.45. The van der Waals surface area contributed by atoms with Crippen LogP contribution in [0, 0.1) is 5.82 Å². The van der Waals surface area contributed by atoms with E-state index in [0.29, 0.717) is 5.56 Å². The predicted molar refractivity (Wildman–Crippen MR) is 60.8 cm³/mol. The molecule has 0 aliphatic rings. The van der Waals surface area contributed by atoms with Crippen LogP contribution < -0.4 is 5.14 Å². The Kier molecular flexibility index (Phi) is 2.98. The van der Waals surface area contributed by atoms with Gasteiger partial charge < -0.3 is 0 Å². The fourth-order valence-corrected chi connectivity index (χ4v) is 2.00. The zero-order valence-corrected chi connectivity index (χ0v) is 10.6.